The van der Waals surface area contributed by atoms with E-state index in [1.54, 1.807) is 6.92 Å². The first-order valence-electron chi connectivity index (χ1n) is 5.62. The van der Waals surface area contributed by atoms with Crippen molar-refractivity contribution in [3.05, 3.63) is 40.9 Å². The highest BCUT2D eigenvalue weighted by Crippen LogP contribution is 2.33. The van der Waals surface area contributed by atoms with Crippen LogP contribution in [0.15, 0.2) is 40.9 Å². The monoisotopic (exact) mass is 308 g/mol. The van der Waals surface area contributed by atoms with Gasteiger partial charge in [0, 0.05) is 0 Å². The average molecular weight is 309 g/mol. The normalized spacial score (nSPS) is 12.3. The summed E-state index contributed by atoms with van der Waals surface area (Å²) < 4.78 is 6.40. The number of benzene rings is 2. The van der Waals surface area contributed by atoms with Crippen LogP contribution in [-0.4, -0.2) is 17.7 Å². The van der Waals surface area contributed by atoms with Gasteiger partial charge in [0.1, 0.15) is 12.4 Å². The third-order valence-corrected chi connectivity index (χ3v) is 3.56. The summed E-state index contributed by atoms with van der Waals surface area (Å²) in [4.78, 5) is 10.7. The van der Waals surface area contributed by atoms with Crippen LogP contribution in [-0.2, 0) is 4.79 Å². The summed E-state index contributed by atoms with van der Waals surface area (Å²) in [5.74, 6) is -0.711. The van der Waals surface area contributed by atoms with Crippen LogP contribution in [0.4, 0.5) is 0 Å². The molecule has 2 aromatic carbocycles. The number of hydrogen-bond acceptors (Lipinski definition) is 2. The number of hydrogen-bond donors (Lipinski definition) is 1. The highest BCUT2D eigenvalue weighted by Gasteiger charge is 2.13. The van der Waals surface area contributed by atoms with Crippen molar-refractivity contribution in [2.45, 2.75) is 6.92 Å². The van der Waals surface area contributed by atoms with Crippen molar-refractivity contribution in [2.75, 3.05) is 6.61 Å². The predicted molar refractivity (Wildman–Crippen MR) is 73.9 cm³/mol. The Kier molecular flexibility index (Phi) is 3.87. The Balaban J connectivity index is 2.24. The van der Waals surface area contributed by atoms with E-state index in [1.165, 1.54) is 0 Å². The molecule has 0 saturated heterocycles. The van der Waals surface area contributed by atoms with Gasteiger partial charge in [-0.15, -0.1) is 0 Å². The quantitative estimate of drug-likeness (QED) is 0.936. The number of carbonyl (C=O) groups is 1. The van der Waals surface area contributed by atoms with Crippen molar-refractivity contribution in [1.29, 1.82) is 0 Å². The SMILES string of the molecule is CC(COc1ccc2ccccc2c1Br)C(=O)O. The molecule has 2 aromatic rings. The smallest absolute Gasteiger partial charge is 0.309 e. The molecule has 2 rings (SSSR count). The highest BCUT2D eigenvalue weighted by atomic mass is 79.9. The molecule has 0 aliphatic heterocycles. The van der Waals surface area contributed by atoms with Gasteiger partial charge in [-0.25, -0.2) is 0 Å². The van der Waals surface area contributed by atoms with E-state index in [9.17, 15) is 4.79 Å². The Morgan fingerprint density at radius 2 is 2.06 bits per heavy atom. The van der Waals surface area contributed by atoms with Crippen LogP contribution < -0.4 is 4.74 Å². The maximum atomic E-state index is 10.7. The molecule has 0 radical (unpaired) electrons. The third kappa shape index (κ3) is 2.64. The van der Waals surface area contributed by atoms with E-state index in [-0.39, 0.29) is 6.61 Å². The summed E-state index contributed by atoms with van der Waals surface area (Å²) in [6.07, 6.45) is 0. The second-order valence-corrected chi connectivity index (χ2v) is 4.94. The van der Waals surface area contributed by atoms with Crippen LogP contribution in [0.1, 0.15) is 6.92 Å². The Labute approximate surface area is 114 Å². The predicted octanol–water partition coefficient (Wildman–Crippen LogP) is 3.70. The number of ether oxygens (including phenoxy) is 1. The topological polar surface area (TPSA) is 46.5 Å². The first-order valence-corrected chi connectivity index (χ1v) is 6.41. The summed E-state index contributed by atoms with van der Waals surface area (Å²) in [5.41, 5.74) is 0. The van der Waals surface area contributed by atoms with Crippen LogP contribution in [0.3, 0.4) is 0 Å². The summed E-state index contributed by atoms with van der Waals surface area (Å²) in [5, 5.41) is 11.0. The number of rotatable bonds is 4. The van der Waals surface area contributed by atoms with Crippen LogP contribution in [0.2, 0.25) is 0 Å². The summed E-state index contributed by atoms with van der Waals surface area (Å²) >= 11 is 3.50. The lowest BCUT2D eigenvalue weighted by Gasteiger charge is -2.12. The van der Waals surface area contributed by atoms with Crippen LogP contribution >= 0.6 is 15.9 Å². The van der Waals surface area contributed by atoms with Gasteiger partial charge in [0.05, 0.1) is 10.4 Å². The van der Waals surface area contributed by atoms with E-state index in [1.807, 2.05) is 36.4 Å². The third-order valence-electron chi connectivity index (χ3n) is 2.74. The lowest BCUT2D eigenvalue weighted by Crippen LogP contribution is -2.18. The molecular weight excluding hydrogens is 296 g/mol. The standard InChI is InChI=1S/C14H13BrO3/c1-9(14(16)17)8-18-12-7-6-10-4-2-3-5-11(10)13(12)15/h2-7,9H,8H2,1H3,(H,16,17). The van der Waals surface area contributed by atoms with Crippen molar-refractivity contribution in [3.63, 3.8) is 0 Å². The van der Waals surface area contributed by atoms with E-state index in [0.29, 0.717) is 5.75 Å². The average Bonchev–Trinajstić information content (AvgIpc) is 2.38. The second-order valence-electron chi connectivity index (χ2n) is 4.15. The fourth-order valence-corrected chi connectivity index (χ4v) is 2.22. The summed E-state index contributed by atoms with van der Waals surface area (Å²) in [7, 11) is 0. The molecule has 0 aliphatic rings. The number of carboxylic acid groups (broad SMARTS) is 1. The number of aliphatic carboxylic acids is 1. The molecule has 0 spiro atoms. The lowest BCUT2D eigenvalue weighted by atomic mass is 10.1. The van der Waals surface area contributed by atoms with Gasteiger partial charge in [-0.2, -0.15) is 0 Å². The van der Waals surface area contributed by atoms with Gasteiger partial charge in [0.2, 0.25) is 0 Å². The van der Waals surface area contributed by atoms with Gasteiger partial charge in [0.15, 0.2) is 0 Å². The molecule has 0 fully saturated rings. The zero-order valence-corrected chi connectivity index (χ0v) is 11.5. The van der Waals surface area contributed by atoms with Crippen LogP contribution in [0.25, 0.3) is 10.8 Å². The summed E-state index contributed by atoms with van der Waals surface area (Å²) in [6.45, 7) is 1.78. The fourth-order valence-electron chi connectivity index (χ4n) is 1.61. The number of carboxylic acids is 1. The molecule has 94 valence electrons. The maximum Gasteiger partial charge on any atom is 0.309 e. The molecule has 3 nitrogen and oxygen atoms in total. The Morgan fingerprint density at radius 3 is 2.78 bits per heavy atom. The van der Waals surface area contributed by atoms with Gasteiger partial charge in [-0.05, 0) is 39.7 Å². The molecule has 0 heterocycles. The second kappa shape index (κ2) is 5.40. The Bertz CT molecular complexity index is 580. The molecule has 18 heavy (non-hydrogen) atoms. The molecule has 0 aromatic heterocycles. The first kappa shape index (κ1) is 12.9. The molecule has 4 heteroatoms. The molecule has 1 atom stereocenters. The van der Waals surface area contributed by atoms with E-state index < -0.39 is 11.9 Å². The van der Waals surface area contributed by atoms with E-state index in [2.05, 4.69) is 15.9 Å². The minimum Gasteiger partial charge on any atom is -0.491 e. The van der Waals surface area contributed by atoms with Gasteiger partial charge < -0.3 is 9.84 Å². The number of fused-ring (bicyclic) bond motifs is 1. The lowest BCUT2D eigenvalue weighted by molar-refractivity contribution is -0.142. The van der Waals surface area contributed by atoms with E-state index >= 15 is 0 Å². The van der Waals surface area contributed by atoms with Gasteiger partial charge in [-0.1, -0.05) is 30.3 Å². The Hall–Kier alpha value is -1.55. The molecule has 0 bridgehead atoms. The van der Waals surface area contributed by atoms with Gasteiger partial charge >= 0.3 is 5.97 Å². The minimum atomic E-state index is -0.855. The largest absolute Gasteiger partial charge is 0.491 e. The van der Waals surface area contributed by atoms with Crippen LogP contribution in [0, 0.1) is 5.92 Å². The fraction of sp³-hybridized carbons (Fsp3) is 0.214. The highest BCUT2D eigenvalue weighted by molar-refractivity contribution is 9.10. The molecule has 0 aliphatic carbocycles. The van der Waals surface area contributed by atoms with Crippen molar-refractivity contribution in [2.24, 2.45) is 5.92 Å². The van der Waals surface area contributed by atoms with E-state index in [4.69, 9.17) is 9.84 Å². The van der Waals surface area contributed by atoms with E-state index in [0.717, 1.165) is 15.2 Å². The van der Waals surface area contributed by atoms with Crippen molar-refractivity contribution in [1.82, 2.24) is 0 Å². The first-order chi connectivity index (χ1) is 8.59. The molecule has 1 N–H and O–H groups in total. The maximum absolute atomic E-state index is 10.7. The molecule has 0 saturated carbocycles. The zero-order chi connectivity index (χ0) is 13.1. The summed E-state index contributed by atoms with van der Waals surface area (Å²) in [6, 6.07) is 11.7. The molecule has 0 amide bonds. The van der Waals surface area contributed by atoms with Gasteiger partial charge in [-0.3, -0.25) is 4.79 Å². The van der Waals surface area contributed by atoms with Crippen molar-refractivity contribution in [3.8, 4) is 5.75 Å². The minimum absolute atomic E-state index is 0.159. The number of halogens is 1. The van der Waals surface area contributed by atoms with Crippen molar-refractivity contribution >= 4 is 32.7 Å². The Morgan fingerprint density at radius 1 is 1.33 bits per heavy atom. The van der Waals surface area contributed by atoms with Crippen molar-refractivity contribution < 1.29 is 14.6 Å². The van der Waals surface area contributed by atoms with Gasteiger partial charge in [0.25, 0.3) is 0 Å². The van der Waals surface area contributed by atoms with Crippen LogP contribution in [0.5, 0.6) is 5.75 Å². The molecular formula is C14H13BrO3. The zero-order valence-electron chi connectivity index (χ0n) is 9.89. The molecule has 1 unspecified atom stereocenters.